The number of amides is 1. The highest BCUT2D eigenvalue weighted by molar-refractivity contribution is 9.11. The summed E-state index contributed by atoms with van der Waals surface area (Å²) in [6, 6.07) is 5.12. The second kappa shape index (κ2) is 6.82. The van der Waals surface area contributed by atoms with Gasteiger partial charge in [-0.05, 0) is 22.0 Å². The lowest BCUT2D eigenvalue weighted by atomic mass is 10.2. The Hall–Kier alpha value is -1.73. The van der Waals surface area contributed by atoms with E-state index in [1.165, 1.54) is 32.7 Å². The number of carbonyl (C=O) groups excluding carboxylic acids is 1. The molecule has 0 spiro atoms. The Kier molecular flexibility index (Phi) is 5.08. The molecule has 1 aromatic carbocycles. The van der Waals surface area contributed by atoms with E-state index in [0.29, 0.717) is 28.5 Å². The van der Waals surface area contributed by atoms with E-state index in [-0.39, 0.29) is 5.91 Å². The van der Waals surface area contributed by atoms with E-state index in [2.05, 4.69) is 21.2 Å². The SMILES string of the molecule is COc1cc(NC(=O)c2csc(Br)c2)cc(OC)c1OC. The Labute approximate surface area is 135 Å². The predicted molar refractivity (Wildman–Crippen MR) is 86.1 cm³/mol. The van der Waals surface area contributed by atoms with Gasteiger partial charge in [0.05, 0.1) is 30.7 Å². The van der Waals surface area contributed by atoms with Crippen molar-refractivity contribution in [3.63, 3.8) is 0 Å². The first-order valence-corrected chi connectivity index (χ1v) is 7.61. The highest BCUT2D eigenvalue weighted by Gasteiger charge is 2.15. The van der Waals surface area contributed by atoms with Crippen molar-refractivity contribution in [1.29, 1.82) is 0 Å². The smallest absolute Gasteiger partial charge is 0.256 e. The van der Waals surface area contributed by atoms with Crippen LogP contribution < -0.4 is 19.5 Å². The summed E-state index contributed by atoms with van der Waals surface area (Å²) in [5.74, 6) is 1.25. The zero-order valence-corrected chi connectivity index (χ0v) is 14.1. The molecule has 21 heavy (non-hydrogen) atoms. The van der Waals surface area contributed by atoms with Crippen LogP contribution in [-0.4, -0.2) is 27.2 Å². The third kappa shape index (κ3) is 3.48. The summed E-state index contributed by atoms with van der Waals surface area (Å²) in [6.07, 6.45) is 0. The maximum Gasteiger partial charge on any atom is 0.256 e. The molecular formula is C14H14BrNO4S. The lowest BCUT2D eigenvalue weighted by Gasteiger charge is -2.14. The van der Waals surface area contributed by atoms with Crippen LogP contribution in [0.4, 0.5) is 5.69 Å². The first kappa shape index (κ1) is 15.7. The molecule has 1 aromatic heterocycles. The van der Waals surface area contributed by atoms with Gasteiger partial charge in [-0.25, -0.2) is 0 Å². The third-order valence-corrected chi connectivity index (χ3v) is 4.26. The lowest BCUT2D eigenvalue weighted by Crippen LogP contribution is -2.11. The Morgan fingerprint density at radius 1 is 1.10 bits per heavy atom. The monoisotopic (exact) mass is 371 g/mol. The van der Waals surface area contributed by atoms with Crippen molar-refractivity contribution < 1.29 is 19.0 Å². The maximum absolute atomic E-state index is 12.1. The molecule has 1 amide bonds. The third-order valence-electron chi connectivity index (χ3n) is 2.75. The van der Waals surface area contributed by atoms with E-state index in [1.54, 1.807) is 23.6 Å². The van der Waals surface area contributed by atoms with Gasteiger partial charge in [0.15, 0.2) is 11.5 Å². The van der Waals surface area contributed by atoms with E-state index in [4.69, 9.17) is 14.2 Å². The van der Waals surface area contributed by atoms with Crippen LogP contribution in [-0.2, 0) is 0 Å². The van der Waals surface area contributed by atoms with Gasteiger partial charge in [-0.2, -0.15) is 0 Å². The van der Waals surface area contributed by atoms with Crippen molar-refractivity contribution in [2.24, 2.45) is 0 Å². The summed E-state index contributed by atoms with van der Waals surface area (Å²) in [4.78, 5) is 12.1. The van der Waals surface area contributed by atoms with Crippen LogP contribution in [0.15, 0.2) is 27.4 Å². The summed E-state index contributed by atoms with van der Waals surface area (Å²) in [5, 5.41) is 4.58. The van der Waals surface area contributed by atoms with E-state index < -0.39 is 0 Å². The fourth-order valence-corrected chi connectivity index (χ4v) is 2.92. The minimum Gasteiger partial charge on any atom is -0.493 e. The number of thiophene rings is 1. The van der Waals surface area contributed by atoms with Crippen LogP contribution in [0.5, 0.6) is 17.2 Å². The quantitative estimate of drug-likeness (QED) is 0.868. The molecule has 0 bridgehead atoms. The zero-order chi connectivity index (χ0) is 15.4. The average Bonchev–Trinajstić information content (AvgIpc) is 2.92. The minimum atomic E-state index is -0.203. The summed E-state index contributed by atoms with van der Waals surface area (Å²) < 4.78 is 16.6. The second-order valence-corrected chi connectivity index (χ2v) is 6.30. The lowest BCUT2D eigenvalue weighted by molar-refractivity contribution is 0.102. The number of rotatable bonds is 5. The van der Waals surface area contributed by atoms with Gasteiger partial charge in [0, 0.05) is 23.2 Å². The molecule has 2 rings (SSSR count). The van der Waals surface area contributed by atoms with Crippen molar-refractivity contribution in [1.82, 2.24) is 0 Å². The molecule has 0 atom stereocenters. The first-order valence-electron chi connectivity index (χ1n) is 5.94. The van der Waals surface area contributed by atoms with Crippen LogP contribution in [0.2, 0.25) is 0 Å². The summed E-state index contributed by atoms with van der Waals surface area (Å²) in [7, 11) is 4.58. The first-order chi connectivity index (χ1) is 10.1. The highest BCUT2D eigenvalue weighted by Crippen LogP contribution is 2.40. The van der Waals surface area contributed by atoms with Crippen LogP contribution >= 0.6 is 27.3 Å². The Bertz CT molecular complexity index is 631. The summed E-state index contributed by atoms with van der Waals surface area (Å²) in [6.45, 7) is 0. The van der Waals surface area contributed by atoms with Crippen LogP contribution in [0.3, 0.4) is 0 Å². The van der Waals surface area contributed by atoms with Gasteiger partial charge < -0.3 is 19.5 Å². The number of methoxy groups -OCH3 is 3. The Morgan fingerprint density at radius 2 is 1.71 bits per heavy atom. The van der Waals surface area contributed by atoms with Gasteiger partial charge in [0.1, 0.15) is 0 Å². The molecule has 0 saturated carbocycles. The predicted octanol–water partition coefficient (Wildman–Crippen LogP) is 3.79. The topological polar surface area (TPSA) is 56.8 Å². The Balaban J connectivity index is 2.29. The molecular weight excluding hydrogens is 358 g/mol. The van der Waals surface area contributed by atoms with Crippen LogP contribution in [0.25, 0.3) is 0 Å². The maximum atomic E-state index is 12.1. The minimum absolute atomic E-state index is 0.203. The van der Waals surface area contributed by atoms with E-state index >= 15 is 0 Å². The summed E-state index contributed by atoms with van der Waals surface area (Å²) in [5.41, 5.74) is 1.15. The standard InChI is InChI=1S/C14H14BrNO4S/c1-18-10-5-9(6-11(19-2)13(10)20-3)16-14(17)8-4-12(15)21-7-8/h4-7H,1-3H3,(H,16,17). The number of halogens is 1. The van der Waals surface area contributed by atoms with Crippen molar-refractivity contribution in [3.8, 4) is 17.2 Å². The van der Waals surface area contributed by atoms with E-state index in [1.807, 2.05) is 0 Å². The molecule has 1 heterocycles. The second-order valence-electron chi connectivity index (χ2n) is 4.01. The molecule has 112 valence electrons. The number of hydrogen-bond acceptors (Lipinski definition) is 5. The van der Waals surface area contributed by atoms with Crippen LogP contribution in [0.1, 0.15) is 10.4 Å². The van der Waals surface area contributed by atoms with Crippen molar-refractivity contribution in [3.05, 3.63) is 32.9 Å². The van der Waals surface area contributed by atoms with Gasteiger partial charge in [0.2, 0.25) is 5.75 Å². The average molecular weight is 372 g/mol. The van der Waals surface area contributed by atoms with Gasteiger partial charge in [-0.3, -0.25) is 4.79 Å². The van der Waals surface area contributed by atoms with Gasteiger partial charge in [0.25, 0.3) is 5.91 Å². The molecule has 0 aliphatic heterocycles. The molecule has 5 nitrogen and oxygen atoms in total. The molecule has 1 N–H and O–H groups in total. The van der Waals surface area contributed by atoms with Gasteiger partial charge in [-0.1, -0.05) is 0 Å². The largest absolute Gasteiger partial charge is 0.493 e. The van der Waals surface area contributed by atoms with Gasteiger partial charge >= 0.3 is 0 Å². The number of nitrogens with one attached hydrogen (secondary N) is 1. The molecule has 0 fully saturated rings. The fraction of sp³-hybridized carbons (Fsp3) is 0.214. The molecule has 0 radical (unpaired) electrons. The highest BCUT2D eigenvalue weighted by atomic mass is 79.9. The molecule has 0 unspecified atom stereocenters. The number of hydrogen-bond donors (Lipinski definition) is 1. The van der Waals surface area contributed by atoms with Crippen molar-refractivity contribution in [2.75, 3.05) is 26.6 Å². The van der Waals surface area contributed by atoms with E-state index in [0.717, 1.165) is 3.79 Å². The molecule has 7 heteroatoms. The number of carbonyl (C=O) groups is 1. The van der Waals surface area contributed by atoms with Crippen LogP contribution in [0, 0.1) is 0 Å². The Morgan fingerprint density at radius 3 is 2.14 bits per heavy atom. The van der Waals surface area contributed by atoms with Crippen molar-refractivity contribution >= 4 is 38.9 Å². The molecule has 0 aliphatic carbocycles. The molecule has 0 saturated heterocycles. The number of anilines is 1. The van der Waals surface area contributed by atoms with Gasteiger partial charge in [-0.15, -0.1) is 11.3 Å². The molecule has 2 aromatic rings. The molecule has 0 aliphatic rings. The number of benzene rings is 1. The number of ether oxygens (including phenoxy) is 3. The normalized spacial score (nSPS) is 10.1. The fourth-order valence-electron chi connectivity index (χ4n) is 1.79. The van der Waals surface area contributed by atoms with E-state index in [9.17, 15) is 4.79 Å². The summed E-state index contributed by atoms with van der Waals surface area (Å²) >= 11 is 4.78. The van der Waals surface area contributed by atoms with Crippen molar-refractivity contribution in [2.45, 2.75) is 0 Å². The zero-order valence-electron chi connectivity index (χ0n) is 11.7.